The van der Waals surface area contributed by atoms with Crippen LogP contribution in [0, 0.1) is 11.8 Å². The second kappa shape index (κ2) is 10.2. The minimum absolute atomic E-state index is 0.0146. The van der Waals surface area contributed by atoms with Crippen molar-refractivity contribution in [2.75, 3.05) is 0 Å². The molecule has 2 atom stereocenters. The van der Waals surface area contributed by atoms with Crippen LogP contribution >= 0.6 is 11.6 Å². The van der Waals surface area contributed by atoms with Gasteiger partial charge in [-0.1, -0.05) is 43.7 Å². The number of aliphatic hydroxyl groups excluding tert-OH is 2. The summed E-state index contributed by atoms with van der Waals surface area (Å²) >= 11 is 6.24. The first kappa shape index (κ1) is 23.7. The number of nitrogens with zero attached hydrogens (tertiary/aromatic N) is 3. The molecule has 1 amide bonds. The van der Waals surface area contributed by atoms with Gasteiger partial charge in [-0.3, -0.25) is 9.59 Å². The molecule has 178 valence electrons. The van der Waals surface area contributed by atoms with Crippen molar-refractivity contribution in [3.63, 3.8) is 0 Å². The van der Waals surface area contributed by atoms with Crippen molar-refractivity contribution in [2.24, 2.45) is 11.8 Å². The SMILES string of the molecule is O=C(NC(O)C1CCCCCC1)c1cc(-n2ncc(=O)n(C(O)C3CCC3)c2=O)ccc1Cl. The lowest BCUT2D eigenvalue weighted by molar-refractivity contribution is -0.00317. The summed E-state index contributed by atoms with van der Waals surface area (Å²) in [7, 11) is 0. The van der Waals surface area contributed by atoms with Crippen LogP contribution in [-0.4, -0.2) is 36.7 Å². The Hall–Kier alpha value is -2.49. The minimum Gasteiger partial charge on any atom is -0.373 e. The molecule has 2 aliphatic carbocycles. The molecule has 1 heterocycles. The molecule has 10 heteroatoms. The van der Waals surface area contributed by atoms with Gasteiger partial charge in [-0.2, -0.15) is 9.78 Å². The quantitative estimate of drug-likeness (QED) is 0.434. The van der Waals surface area contributed by atoms with Gasteiger partial charge in [-0.05, 0) is 43.9 Å². The first-order valence-corrected chi connectivity index (χ1v) is 11.9. The summed E-state index contributed by atoms with van der Waals surface area (Å²) in [6.45, 7) is 0. The average molecular weight is 477 g/mol. The third kappa shape index (κ3) is 5.05. The fourth-order valence-electron chi connectivity index (χ4n) is 4.56. The van der Waals surface area contributed by atoms with Gasteiger partial charge in [0.25, 0.3) is 11.5 Å². The maximum absolute atomic E-state index is 13.0. The Morgan fingerprint density at radius 1 is 1.03 bits per heavy atom. The van der Waals surface area contributed by atoms with Gasteiger partial charge in [0.05, 0.1) is 16.3 Å². The summed E-state index contributed by atoms with van der Waals surface area (Å²) in [5.41, 5.74) is -1.19. The van der Waals surface area contributed by atoms with Gasteiger partial charge in [0.1, 0.15) is 18.7 Å². The topological polar surface area (TPSA) is 126 Å². The van der Waals surface area contributed by atoms with Crippen molar-refractivity contribution < 1.29 is 15.0 Å². The molecule has 0 radical (unpaired) electrons. The lowest BCUT2D eigenvalue weighted by Crippen LogP contribution is -2.45. The lowest BCUT2D eigenvalue weighted by Gasteiger charge is -2.30. The Morgan fingerprint density at radius 3 is 2.33 bits per heavy atom. The number of carbonyl (C=O) groups is 1. The molecule has 2 unspecified atom stereocenters. The number of aliphatic hydroxyl groups is 2. The highest BCUT2D eigenvalue weighted by Crippen LogP contribution is 2.33. The van der Waals surface area contributed by atoms with Crippen LogP contribution in [0.15, 0.2) is 34.0 Å². The van der Waals surface area contributed by atoms with Gasteiger partial charge in [0, 0.05) is 11.8 Å². The van der Waals surface area contributed by atoms with E-state index in [9.17, 15) is 24.6 Å². The van der Waals surface area contributed by atoms with Crippen molar-refractivity contribution in [3.05, 3.63) is 55.8 Å². The maximum atomic E-state index is 13.0. The Bertz CT molecular complexity index is 1120. The van der Waals surface area contributed by atoms with Gasteiger partial charge >= 0.3 is 5.69 Å². The number of hydrogen-bond donors (Lipinski definition) is 3. The largest absolute Gasteiger partial charge is 0.373 e. The molecule has 33 heavy (non-hydrogen) atoms. The summed E-state index contributed by atoms with van der Waals surface area (Å²) < 4.78 is 1.75. The first-order chi connectivity index (χ1) is 15.9. The van der Waals surface area contributed by atoms with E-state index in [2.05, 4.69) is 10.4 Å². The third-order valence-electron chi connectivity index (χ3n) is 6.81. The second-order valence-electron chi connectivity index (χ2n) is 8.99. The summed E-state index contributed by atoms with van der Waals surface area (Å²) in [5.74, 6) is -0.725. The van der Waals surface area contributed by atoms with E-state index < -0.39 is 29.6 Å². The Morgan fingerprint density at radius 2 is 1.70 bits per heavy atom. The highest BCUT2D eigenvalue weighted by atomic mass is 35.5. The fourth-order valence-corrected chi connectivity index (χ4v) is 4.76. The molecule has 1 aromatic heterocycles. The number of amides is 1. The van der Waals surface area contributed by atoms with E-state index in [1.807, 2.05) is 0 Å². The molecule has 2 aromatic rings. The smallest absolute Gasteiger partial charge is 0.354 e. The molecule has 2 aliphatic rings. The van der Waals surface area contributed by atoms with Crippen LogP contribution in [0.1, 0.15) is 74.4 Å². The van der Waals surface area contributed by atoms with Gasteiger partial charge < -0.3 is 15.5 Å². The standard InChI is InChI=1S/C23H29ClN4O5/c24-18-11-10-16(12-17(18)21(31)26-20(30)14-6-3-1-2-4-7-14)28-23(33)27(19(29)13-25-28)22(32)15-8-5-9-15/h10-15,20,22,30,32H,1-9H2,(H,26,31). The van der Waals surface area contributed by atoms with Crippen LogP contribution in [0.5, 0.6) is 0 Å². The van der Waals surface area contributed by atoms with Crippen LogP contribution in [0.3, 0.4) is 0 Å². The number of hydrogen-bond acceptors (Lipinski definition) is 6. The molecule has 2 fully saturated rings. The highest BCUT2D eigenvalue weighted by Gasteiger charge is 2.30. The van der Waals surface area contributed by atoms with E-state index in [0.29, 0.717) is 0 Å². The molecule has 0 bridgehead atoms. The monoisotopic (exact) mass is 476 g/mol. The summed E-state index contributed by atoms with van der Waals surface area (Å²) in [6, 6.07) is 4.34. The van der Waals surface area contributed by atoms with Crippen LogP contribution in [0.25, 0.3) is 5.69 Å². The number of rotatable bonds is 6. The maximum Gasteiger partial charge on any atom is 0.354 e. The van der Waals surface area contributed by atoms with E-state index in [1.165, 1.54) is 18.2 Å². The van der Waals surface area contributed by atoms with Crippen LogP contribution in [0.4, 0.5) is 0 Å². The highest BCUT2D eigenvalue weighted by molar-refractivity contribution is 6.33. The Kier molecular flexibility index (Phi) is 7.31. The summed E-state index contributed by atoms with van der Waals surface area (Å²) in [4.78, 5) is 38.1. The zero-order chi connectivity index (χ0) is 23.5. The predicted octanol–water partition coefficient (Wildman–Crippen LogP) is 2.36. The van der Waals surface area contributed by atoms with Gasteiger partial charge in [-0.25, -0.2) is 9.36 Å². The van der Waals surface area contributed by atoms with Crippen molar-refractivity contribution in [3.8, 4) is 5.69 Å². The van der Waals surface area contributed by atoms with E-state index >= 15 is 0 Å². The molecule has 9 nitrogen and oxygen atoms in total. The van der Waals surface area contributed by atoms with Gasteiger partial charge in [0.2, 0.25) is 0 Å². The van der Waals surface area contributed by atoms with E-state index in [4.69, 9.17) is 11.6 Å². The van der Waals surface area contributed by atoms with Crippen LogP contribution in [-0.2, 0) is 0 Å². The van der Waals surface area contributed by atoms with Crippen molar-refractivity contribution in [1.82, 2.24) is 19.7 Å². The van der Waals surface area contributed by atoms with Crippen molar-refractivity contribution in [1.29, 1.82) is 0 Å². The molecule has 0 spiro atoms. The number of halogens is 1. The van der Waals surface area contributed by atoms with E-state index in [-0.39, 0.29) is 28.1 Å². The molecule has 0 aliphatic heterocycles. The Labute approximate surface area is 196 Å². The van der Waals surface area contributed by atoms with Gasteiger partial charge in [-0.15, -0.1) is 0 Å². The van der Waals surface area contributed by atoms with Crippen LogP contribution < -0.4 is 16.6 Å². The number of aromatic nitrogens is 3. The molecule has 2 saturated carbocycles. The minimum atomic E-state index is -1.22. The van der Waals surface area contributed by atoms with Crippen molar-refractivity contribution in [2.45, 2.75) is 70.2 Å². The lowest BCUT2D eigenvalue weighted by atomic mass is 9.84. The van der Waals surface area contributed by atoms with Crippen LogP contribution in [0.2, 0.25) is 5.02 Å². The molecule has 1 aromatic carbocycles. The van der Waals surface area contributed by atoms with Crippen molar-refractivity contribution >= 4 is 17.5 Å². The molecular formula is C23H29ClN4O5. The number of nitrogens with one attached hydrogen (secondary N) is 1. The summed E-state index contributed by atoms with van der Waals surface area (Å²) in [6.07, 6.45) is 7.16. The molecule has 4 rings (SSSR count). The Balaban J connectivity index is 1.60. The zero-order valence-electron chi connectivity index (χ0n) is 18.3. The van der Waals surface area contributed by atoms with Gasteiger partial charge in [0.15, 0.2) is 0 Å². The number of benzene rings is 1. The third-order valence-corrected chi connectivity index (χ3v) is 7.14. The predicted molar refractivity (Wildman–Crippen MR) is 122 cm³/mol. The molecule has 3 N–H and O–H groups in total. The average Bonchev–Trinajstić information content (AvgIpc) is 3.03. The second-order valence-corrected chi connectivity index (χ2v) is 9.39. The van der Waals surface area contributed by atoms with E-state index in [1.54, 1.807) is 0 Å². The normalized spacial score (nSPS) is 19.4. The summed E-state index contributed by atoms with van der Waals surface area (Å²) in [5, 5.41) is 27.7. The first-order valence-electron chi connectivity index (χ1n) is 11.5. The fraction of sp³-hybridized carbons (Fsp3) is 0.565. The zero-order valence-corrected chi connectivity index (χ0v) is 19.1. The van der Waals surface area contributed by atoms with E-state index in [0.717, 1.165) is 73.2 Å². The molecular weight excluding hydrogens is 448 g/mol. The number of carbonyl (C=O) groups excluding carboxylic acids is 1. The molecule has 0 saturated heterocycles.